The van der Waals surface area contributed by atoms with E-state index in [1.54, 1.807) is 14.2 Å². The molecule has 0 heterocycles. The van der Waals surface area contributed by atoms with Crippen molar-refractivity contribution >= 4 is 18.3 Å². The molecule has 27 heavy (non-hydrogen) atoms. The largest absolute Gasteiger partial charge is 0.493 e. The molecule has 1 aliphatic carbocycles. The average molecular weight is 401 g/mol. The molecule has 0 aromatic heterocycles. The lowest BCUT2D eigenvalue weighted by atomic mass is 9.83. The highest BCUT2D eigenvalue weighted by Gasteiger charge is 2.31. The second-order valence-electron chi connectivity index (χ2n) is 6.82. The molecule has 1 saturated carbocycles. The number of rotatable bonds is 9. The fourth-order valence-electron chi connectivity index (χ4n) is 3.33. The molecular formula is C20H33ClN2O4. The van der Waals surface area contributed by atoms with Gasteiger partial charge in [-0.15, -0.1) is 12.4 Å². The fourth-order valence-corrected chi connectivity index (χ4v) is 3.33. The number of methoxy groups -OCH3 is 2. The molecule has 154 valence electrons. The van der Waals surface area contributed by atoms with Gasteiger partial charge in [0.15, 0.2) is 11.5 Å². The molecule has 0 spiro atoms. The highest BCUT2D eigenvalue weighted by Crippen LogP contribution is 2.28. The van der Waals surface area contributed by atoms with E-state index in [4.69, 9.17) is 19.9 Å². The summed E-state index contributed by atoms with van der Waals surface area (Å²) >= 11 is 0. The Labute approximate surface area is 168 Å². The maximum Gasteiger partial charge on any atom is 0.223 e. The van der Waals surface area contributed by atoms with Crippen LogP contribution in [0.2, 0.25) is 0 Å². The molecule has 0 aliphatic heterocycles. The Bertz CT molecular complexity index is 585. The Morgan fingerprint density at radius 2 is 2.04 bits per heavy atom. The van der Waals surface area contributed by atoms with Crippen LogP contribution in [-0.4, -0.2) is 45.4 Å². The van der Waals surface area contributed by atoms with E-state index < -0.39 is 0 Å². The van der Waals surface area contributed by atoms with Crippen molar-refractivity contribution in [1.29, 1.82) is 0 Å². The number of hydrogen-bond donors (Lipinski definition) is 2. The van der Waals surface area contributed by atoms with Crippen LogP contribution in [0.3, 0.4) is 0 Å². The number of benzene rings is 1. The van der Waals surface area contributed by atoms with Crippen molar-refractivity contribution < 1.29 is 19.0 Å². The SMILES string of the molecule is CCCOc1ccc(CCNC(=O)[C@H]2CC[C@H](N)[C@@H](OC)C2)cc1OC.Cl. The smallest absolute Gasteiger partial charge is 0.223 e. The second kappa shape index (κ2) is 12.1. The van der Waals surface area contributed by atoms with Crippen molar-refractivity contribution in [3.63, 3.8) is 0 Å². The van der Waals surface area contributed by atoms with E-state index >= 15 is 0 Å². The Hall–Kier alpha value is -1.50. The predicted octanol–water partition coefficient (Wildman–Crippen LogP) is 2.71. The minimum absolute atomic E-state index is 0. The first-order valence-corrected chi connectivity index (χ1v) is 9.44. The first-order valence-electron chi connectivity index (χ1n) is 9.44. The normalized spacial score (nSPS) is 21.9. The van der Waals surface area contributed by atoms with Gasteiger partial charge in [0.25, 0.3) is 0 Å². The van der Waals surface area contributed by atoms with Crippen LogP contribution in [-0.2, 0) is 16.0 Å². The number of ether oxygens (including phenoxy) is 3. The van der Waals surface area contributed by atoms with E-state index in [2.05, 4.69) is 12.2 Å². The Kier molecular flexibility index (Phi) is 10.5. The summed E-state index contributed by atoms with van der Waals surface area (Å²) in [5.74, 6) is 1.56. The molecule has 1 amide bonds. The zero-order chi connectivity index (χ0) is 18.9. The standard InChI is InChI=1S/C20H32N2O4.ClH/c1-4-11-26-17-8-5-14(12-19(17)25-3)9-10-22-20(23)15-6-7-16(21)18(13-15)24-2;/h5,8,12,15-16,18H,4,6-7,9-11,13,21H2,1-3H3,(H,22,23);1H/t15-,16-,18-;/m0./s1. The maximum atomic E-state index is 12.4. The van der Waals surface area contributed by atoms with Crippen molar-refractivity contribution in [2.75, 3.05) is 27.4 Å². The topological polar surface area (TPSA) is 82.8 Å². The van der Waals surface area contributed by atoms with E-state index in [1.807, 2.05) is 18.2 Å². The molecule has 0 unspecified atom stereocenters. The zero-order valence-corrected chi connectivity index (χ0v) is 17.3. The summed E-state index contributed by atoms with van der Waals surface area (Å²) in [4.78, 5) is 12.4. The molecule has 0 radical (unpaired) electrons. The number of carbonyl (C=O) groups is 1. The van der Waals surface area contributed by atoms with E-state index in [1.165, 1.54) is 0 Å². The van der Waals surface area contributed by atoms with Gasteiger partial charge in [-0.1, -0.05) is 13.0 Å². The first kappa shape index (κ1) is 23.5. The molecule has 6 nitrogen and oxygen atoms in total. The van der Waals surface area contributed by atoms with Crippen LogP contribution in [0.15, 0.2) is 18.2 Å². The summed E-state index contributed by atoms with van der Waals surface area (Å²) in [7, 11) is 3.30. The molecule has 0 bridgehead atoms. The molecule has 3 atom stereocenters. The molecule has 3 N–H and O–H groups in total. The van der Waals surface area contributed by atoms with Gasteiger partial charge in [-0.3, -0.25) is 4.79 Å². The molecule has 1 fully saturated rings. The summed E-state index contributed by atoms with van der Waals surface area (Å²) in [5.41, 5.74) is 7.12. The minimum Gasteiger partial charge on any atom is -0.493 e. The van der Waals surface area contributed by atoms with Gasteiger partial charge in [0.1, 0.15) is 0 Å². The van der Waals surface area contributed by atoms with Crippen LogP contribution in [0.5, 0.6) is 11.5 Å². The van der Waals surface area contributed by atoms with E-state index in [0.717, 1.165) is 42.7 Å². The molecule has 1 aromatic carbocycles. The lowest BCUT2D eigenvalue weighted by Crippen LogP contribution is -2.45. The zero-order valence-electron chi connectivity index (χ0n) is 16.5. The Morgan fingerprint density at radius 3 is 2.70 bits per heavy atom. The molecule has 0 saturated heterocycles. The maximum absolute atomic E-state index is 12.4. The van der Waals surface area contributed by atoms with Crippen molar-refractivity contribution in [2.45, 2.75) is 51.2 Å². The van der Waals surface area contributed by atoms with Gasteiger partial charge in [0.2, 0.25) is 5.91 Å². The summed E-state index contributed by atoms with van der Waals surface area (Å²) in [6, 6.07) is 5.94. The number of nitrogens with one attached hydrogen (secondary N) is 1. The van der Waals surface area contributed by atoms with Crippen LogP contribution < -0.4 is 20.5 Å². The third kappa shape index (κ3) is 6.87. The van der Waals surface area contributed by atoms with Gasteiger partial charge in [-0.25, -0.2) is 0 Å². The monoisotopic (exact) mass is 400 g/mol. The molecule has 2 rings (SSSR count). The molecular weight excluding hydrogens is 368 g/mol. The minimum atomic E-state index is -0.0283. The second-order valence-corrected chi connectivity index (χ2v) is 6.82. The van der Waals surface area contributed by atoms with Crippen molar-refractivity contribution in [3.8, 4) is 11.5 Å². The van der Waals surface area contributed by atoms with Crippen LogP contribution in [0.4, 0.5) is 0 Å². The van der Waals surface area contributed by atoms with Crippen LogP contribution >= 0.6 is 12.4 Å². The quantitative estimate of drug-likeness (QED) is 0.665. The number of nitrogens with two attached hydrogens (primary N) is 1. The van der Waals surface area contributed by atoms with Crippen LogP contribution in [0.1, 0.15) is 38.2 Å². The summed E-state index contributed by atoms with van der Waals surface area (Å²) in [6.07, 6.45) is 4.01. The van der Waals surface area contributed by atoms with Gasteiger partial charge in [-0.05, 0) is 49.8 Å². The fraction of sp³-hybridized carbons (Fsp3) is 0.650. The Morgan fingerprint density at radius 1 is 1.26 bits per heavy atom. The summed E-state index contributed by atoms with van der Waals surface area (Å²) in [5, 5.41) is 3.04. The summed E-state index contributed by atoms with van der Waals surface area (Å²) < 4.78 is 16.5. The highest BCUT2D eigenvalue weighted by molar-refractivity contribution is 5.85. The molecule has 1 aliphatic rings. The third-order valence-corrected chi connectivity index (χ3v) is 4.92. The van der Waals surface area contributed by atoms with E-state index in [0.29, 0.717) is 19.6 Å². The van der Waals surface area contributed by atoms with Crippen molar-refractivity contribution in [2.24, 2.45) is 11.7 Å². The average Bonchev–Trinajstić information content (AvgIpc) is 2.66. The summed E-state index contributed by atoms with van der Waals surface area (Å²) in [6.45, 7) is 3.33. The van der Waals surface area contributed by atoms with Gasteiger partial charge >= 0.3 is 0 Å². The van der Waals surface area contributed by atoms with Crippen molar-refractivity contribution in [1.82, 2.24) is 5.32 Å². The predicted molar refractivity (Wildman–Crippen MR) is 109 cm³/mol. The van der Waals surface area contributed by atoms with Gasteiger partial charge in [-0.2, -0.15) is 0 Å². The van der Waals surface area contributed by atoms with Gasteiger partial charge in [0.05, 0.1) is 19.8 Å². The van der Waals surface area contributed by atoms with Crippen molar-refractivity contribution in [3.05, 3.63) is 23.8 Å². The number of carbonyl (C=O) groups excluding carboxylic acids is 1. The van der Waals surface area contributed by atoms with E-state index in [9.17, 15) is 4.79 Å². The van der Waals surface area contributed by atoms with E-state index in [-0.39, 0.29) is 36.4 Å². The lowest BCUT2D eigenvalue weighted by molar-refractivity contribution is -0.127. The number of halogens is 1. The highest BCUT2D eigenvalue weighted by atomic mass is 35.5. The van der Waals surface area contributed by atoms with Gasteiger partial charge in [0, 0.05) is 25.6 Å². The Balaban J connectivity index is 0.00000364. The molecule has 7 heteroatoms. The lowest BCUT2D eigenvalue weighted by Gasteiger charge is -2.32. The number of amides is 1. The first-order chi connectivity index (χ1) is 12.6. The number of hydrogen-bond acceptors (Lipinski definition) is 5. The third-order valence-electron chi connectivity index (χ3n) is 4.92. The van der Waals surface area contributed by atoms with Crippen LogP contribution in [0, 0.1) is 5.92 Å². The van der Waals surface area contributed by atoms with Gasteiger partial charge < -0.3 is 25.3 Å². The van der Waals surface area contributed by atoms with Crippen LogP contribution in [0.25, 0.3) is 0 Å². The molecule has 1 aromatic rings.